The van der Waals surface area contributed by atoms with Crippen LogP contribution in [0.25, 0.3) is 0 Å². The third-order valence-corrected chi connectivity index (χ3v) is 1.88. The van der Waals surface area contributed by atoms with Crippen molar-refractivity contribution in [1.82, 2.24) is 0 Å². The number of ether oxygens (including phenoxy) is 1. The molecule has 0 aliphatic heterocycles. The summed E-state index contributed by atoms with van der Waals surface area (Å²) < 4.78 is 43.6. The summed E-state index contributed by atoms with van der Waals surface area (Å²) in [6.07, 6.45) is 0. The smallest absolute Gasteiger partial charge is 0.270 e. The number of nitriles is 1. The number of halogens is 3. The Labute approximate surface area is 84.9 Å². The maximum absolute atomic E-state index is 13.2. The highest BCUT2D eigenvalue weighted by molar-refractivity contribution is 5.47. The summed E-state index contributed by atoms with van der Waals surface area (Å²) in [6, 6.07) is 3.19. The maximum atomic E-state index is 13.2. The SMILES string of the molecule is COc1c(F)cc(C(C)(F)F)cc1C#N. The molecule has 2 nitrogen and oxygen atoms in total. The van der Waals surface area contributed by atoms with Crippen molar-refractivity contribution in [3.8, 4) is 11.8 Å². The van der Waals surface area contributed by atoms with Gasteiger partial charge in [0.15, 0.2) is 11.6 Å². The van der Waals surface area contributed by atoms with Gasteiger partial charge in [-0.05, 0) is 12.1 Å². The lowest BCUT2D eigenvalue weighted by atomic mass is 10.1. The fraction of sp³-hybridized carbons (Fsp3) is 0.300. The molecule has 1 rings (SSSR count). The fourth-order valence-electron chi connectivity index (χ4n) is 1.14. The molecule has 0 radical (unpaired) electrons. The Morgan fingerprint density at radius 1 is 1.40 bits per heavy atom. The van der Waals surface area contributed by atoms with Gasteiger partial charge in [0.1, 0.15) is 6.07 Å². The van der Waals surface area contributed by atoms with E-state index in [9.17, 15) is 13.2 Å². The normalized spacial score (nSPS) is 10.9. The van der Waals surface area contributed by atoms with Crippen LogP contribution in [0, 0.1) is 17.1 Å². The minimum Gasteiger partial charge on any atom is -0.492 e. The van der Waals surface area contributed by atoms with Gasteiger partial charge in [-0.15, -0.1) is 0 Å². The number of hydrogen-bond donors (Lipinski definition) is 0. The lowest BCUT2D eigenvalue weighted by molar-refractivity contribution is 0.0170. The van der Waals surface area contributed by atoms with Crippen LogP contribution in [0.15, 0.2) is 12.1 Å². The van der Waals surface area contributed by atoms with Gasteiger partial charge in [-0.25, -0.2) is 13.2 Å². The molecule has 1 aromatic carbocycles. The van der Waals surface area contributed by atoms with E-state index >= 15 is 0 Å². The first-order chi connectivity index (χ1) is 6.90. The first kappa shape index (κ1) is 11.4. The van der Waals surface area contributed by atoms with Crippen molar-refractivity contribution in [1.29, 1.82) is 5.26 Å². The Kier molecular flexibility index (Phi) is 2.89. The summed E-state index contributed by atoms with van der Waals surface area (Å²) in [5, 5.41) is 8.62. The molecule has 0 saturated heterocycles. The zero-order valence-corrected chi connectivity index (χ0v) is 8.14. The van der Waals surface area contributed by atoms with Crippen LogP contribution in [0.5, 0.6) is 5.75 Å². The highest BCUT2D eigenvalue weighted by Gasteiger charge is 2.27. The van der Waals surface area contributed by atoms with Gasteiger partial charge in [-0.3, -0.25) is 0 Å². The second kappa shape index (κ2) is 3.81. The summed E-state index contributed by atoms with van der Waals surface area (Å²) in [7, 11) is 1.17. The average molecular weight is 215 g/mol. The van der Waals surface area contributed by atoms with E-state index < -0.39 is 17.3 Å². The van der Waals surface area contributed by atoms with Gasteiger partial charge in [0, 0.05) is 12.5 Å². The van der Waals surface area contributed by atoms with Gasteiger partial charge in [0.05, 0.1) is 12.7 Å². The van der Waals surface area contributed by atoms with Crippen molar-refractivity contribution in [3.63, 3.8) is 0 Å². The van der Waals surface area contributed by atoms with E-state index in [4.69, 9.17) is 5.26 Å². The molecule has 0 spiro atoms. The molecular formula is C10H8F3NO. The molecule has 5 heteroatoms. The quantitative estimate of drug-likeness (QED) is 0.759. The Morgan fingerprint density at radius 3 is 2.40 bits per heavy atom. The highest BCUT2D eigenvalue weighted by atomic mass is 19.3. The molecule has 15 heavy (non-hydrogen) atoms. The van der Waals surface area contributed by atoms with Crippen molar-refractivity contribution in [2.24, 2.45) is 0 Å². The van der Waals surface area contributed by atoms with E-state index in [1.54, 1.807) is 6.07 Å². The molecule has 1 aromatic rings. The van der Waals surface area contributed by atoms with Gasteiger partial charge >= 0.3 is 0 Å². The van der Waals surface area contributed by atoms with Crippen LogP contribution in [-0.2, 0) is 5.92 Å². The third kappa shape index (κ3) is 2.21. The molecule has 0 bridgehead atoms. The summed E-state index contributed by atoms with van der Waals surface area (Å²) in [5.74, 6) is -4.46. The number of methoxy groups -OCH3 is 1. The predicted octanol–water partition coefficient (Wildman–Crippen LogP) is 2.82. The van der Waals surface area contributed by atoms with Crippen LogP contribution < -0.4 is 4.74 Å². The Hall–Kier alpha value is -1.70. The van der Waals surface area contributed by atoms with Gasteiger partial charge in [-0.2, -0.15) is 5.26 Å². The fourth-order valence-corrected chi connectivity index (χ4v) is 1.14. The first-order valence-corrected chi connectivity index (χ1v) is 4.06. The summed E-state index contributed by atoms with van der Waals surface area (Å²) >= 11 is 0. The Balaban J connectivity index is 3.41. The molecule has 0 N–H and O–H groups in total. The standard InChI is InChI=1S/C10H8F3NO/c1-10(12,13)7-3-6(5-14)9(15-2)8(11)4-7/h3-4H,1-2H3. The highest BCUT2D eigenvalue weighted by Crippen LogP contribution is 2.32. The van der Waals surface area contributed by atoms with Crippen molar-refractivity contribution < 1.29 is 17.9 Å². The number of hydrogen-bond acceptors (Lipinski definition) is 2. The van der Waals surface area contributed by atoms with Crippen molar-refractivity contribution in [2.75, 3.05) is 7.11 Å². The number of benzene rings is 1. The summed E-state index contributed by atoms with van der Waals surface area (Å²) in [5.41, 5.74) is -0.786. The molecule has 0 heterocycles. The maximum Gasteiger partial charge on any atom is 0.270 e. The van der Waals surface area contributed by atoms with Crippen molar-refractivity contribution in [3.05, 3.63) is 29.1 Å². The predicted molar refractivity (Wildman–Crippen MR) is 47.2 cm³/mol. The molecule has 0 unspecified atom stereocenters. The van der Waals surface area contributed by atoms with E-state index in [-0.39, 0.29) is 11.3 Å². The van der Waals surface area contributed by atoms with Gasteiger partial charge in [-0.1, -0.05) is 0 Å². The Morgan fingerprint density at radius 2 is 2.00 bits per heavy atom. The number of nitrogens with zero attached hydrogens (tertiary/aromatic N) is 1. The Bertz CT molecular complexity index is 418. The lowest BCUT2D eigenvalue weighted by Gasteiger charge is -2.12. The van der Waals surface area contributed by atoms with Gasteiger partial charge in [0.25, 0.3) is 5.92 Å². The largest absolute Gasteiger partial charge is 0.492 e. The third-order valence-electron chi connectivity index (χ3n) is 1.88. The molecule has 0 aliphatic rings. The molecule has 0 saturated carbocycles. The molecule has 0 aliphatic carbocycles. The van der Waals surface area contributed by atoms with E-state index in [0.29, 0.717) is 13.0 Å². The van der Waals surface area contributed by atoms with Crippen LogP contribution in [0.1, 0.15) is 18.1 Å². The van der Waals surface area contributed by atoms with E-state index in [0.717, 1.165) is 6.07 Å². The van der Waals surface area contributed by atoms with Crippen molar-refractivity contribution >= 4 is 0 Å². The zero-order valence-electron chi connectivity index (χ0n) is 8.14. The van der Waals surface area contributed by atoms with E-state index in [1.807, 2.05) is 0 Å². The first-order valence-electron chi connectivity index (χ1n) is 4.06. The molecular weight excluding hydrogens is 207 g/mol. The zero-order chi connectivity index (χ0) is 11.6. The number of alkyl halides is 2. The van der Waals surface area contributed by atoms with Crippen LogP contribution in [0.4, 0.5) is 13.2 Å². The second-order valence-electron chi connectivity index (χ2n) is 3.04. The molecule has 0 aromatic heterocycles. The second-order valence-corrected chi connectivity index (χ2v) is 3.04. The van der Waals surface area contributed by atoms with Crippen LogP contribution in [0.3, 0.4) is 0 Å². The number of rotatable bonds is 2. The molecule has 0 amide bonds. The van der Waals surface area contributed by atoms with Crippen molar-refractivity contribution in [2.45, 2.75) is 12.8 Å². The van der Waals surface area contributed by atoms with Crippen LogP contribution in [-0.4, -0.2) is 7.11 Å². The summed E-state index contributed by atoms with van der Waals surface area (Å²) in [6.45, 7) is 0.634. The minimum atomic E-state index is -3.18. The molecule has 0 atom stereocenters. The van der Waals surface area contributed by atoms with E-state index in [2.05, 4.69) is 4.74 Å². The van der Waals surface area contributed by atoms with E-state index in [1.165, 1.54) is 7.11 Å². The molecule has 0 fully saturated rings. The van der Waals surface area contributed by atoms with Crippen LogP contribution >= 0.6 is 0 Å². The topological polar surface area (TPSA) is 33.0 Å². The molecule has 80 valence electrons. The van der Waals surface area contributed by atoms with Crippen LogP contribution in [0.2, 0.25) is 0 Å². The average Bonchev–Trinajstić information content (AvgIpc) is 2.15. The monoisotopic (exact) mass is 215 g/mol. The lowest BCUT2D eigenvalue weighted by Crippen LogP contribution is -2.08. The summed E-state index contributed by atoms with van der Waals surface area (Å²) in [4.78, 5) is 0. The van der Waals surface area contributed by atoms with Gasteiger partial charge in [0.2, 0.25) is 0 Å². The van der Waals surface area contributed by atoms with Gasteiger partial charge < -0.3 is 4.74 Å². The minimum absolute atomic E-state index is 0.242.